The first-order chi connectivity index (χ1) is 8.60. The summed E-state index contributed by atoms with van der Waals surface area (Å²) in [6.45, 7) is 6.03. The number of aromatic amines is 1. The lowest BCUT2D eigenvalue weighted by Gasteiger charge is -2.07. The van der Waals surface area contributed by atoms with Gasteiger partial charge in [-0.05, 0) is 32.4 Å². The van der Waals surface area contributed by atoms with Gasteiger partial charge in [0.25, 0.3) is 5.56 Å². The van der Waals surface area contributed by atoms with E-state index >= 15 is 0 Å². The van der Waals surface area contributed by atoms with Crippen LogP contribution in [0.5, 0.6) is 0 Å². The smallest absolute Gasteiger partial charge is 0.258 e. The molecule has 2 heterocycles. The maximum Gasteiger partial charge on any atom is 0.258 e. The first-order valence-electron chi connectivity index (χ1n) is 5.90. The number of nitrogens with zero attached hydrogens (tertiary/aromatic N) is 2. The van der Waals surface area contributed by atoms with Crippen LogP contribution in [-0.2, 0) is 0 Å². The van der Waals surface area contributed by atoms with Crippen molar-refractivity contribution in [1.29, 1.82) is 0 Å². The fraction of sp³-hybridized carbons (Fsp3) is 0.417. The van der Waals surface area contributed by atoms with Gasteiger partial charge in [-0.2, -0.15) is 0 Å². The summed E-state index contributed by atoms with van der Waals surface area (Å²) in [6.07, 6.45) is 1.01. The van der Waals surface area contributed by atoms with E-state index in [0.717, 1.165) is 17.2 Å². The zero-order chi connectivity index (χ0) is 13.1. The number of anilines is 1. The maximum absolute atomic E-state index is 11.8. The largest absolute Gasteiger partial charge is 0.358 e. The Bertz CT molecular complexity index is 590. The van der Waals surface area contributed by atoms with Crippen molar-refractivity contribution < 1.29 is 0 Å². The molecule has 2 aromatic heterocycles. The molecular weight excluding hydrogens is 248 g/mol. The Hall–Kier alpha value is -1.69. The monoisotopic (exact) mass is 264 g/mol. The lowest BCUT2D eigenvalue weighted by atomic mass is 10.2. The van der Waals surface area contributed by atoms with Gasteiger partial charge in [0, 0.05) is 11.7 Å². The van der Waals surface area contributed by atoms with E-state index < -0.39 is 0 Å². The van der Waals surface area contributed by atoms with Crippen molar-refractivity contribution in [2.45, 2.75) is 33.2 Å². The van der Waals surface area contributed by atoms with Crippen molar-refractivity contribution in [3.05, 3.63) is 28.2 Å². The van der Waals surface area contributed by atoms with Crippen LogP contribution in [0, 0.1) is 6.92 Å². The van der Waals surface area contributed by atoms with Crippen LogP contribution in [0.1, 0.15) is 26.0 Å². The highest BCUT2D eigenvalue weighted by atomic mass is 32.1. The first-order valence-corrected chi connectivity index (χ1v) is 6.72. The fourth-order valence-corrected chi connectivity index (χ4v) is 2.32. The van der Waals surface area contributed by atoms with Crippen molar-refractivity contribution >= 4 is 16.5 Å². The zero-order valence-corrected chi connectivity index (χ0v) is 11.5. The average molecular weight is 264 g/mol. The van der Waals surface area contributed by atoms with Crippen LogP contribution in [0.15, 0.2) is 16.9 Å². The van der Waals surface area contributed by atoms with Gasteiger partial charge in [-0.3, -0.25) is 4.79 Å². The second-order valence-electron chi connectivity index (χ2n) is 4.25. The summed E-state index contributed by atoms with van der Waals surface area (Å²) in [5, 5.41) is 12.7. The minimum absolute atomic E-state index is 0.124. The van der Waals surface area contributed by atoms with E-state index in [1.165, 1.54) is 11.3 Å². The van der Waals surface area contributed by atoms with Gasteiger partial charge in [0.15, 0.2) is 5.01 Å². The molecular formula is C12H16N4OS. The third kappa shape index (κ3) is 2.76. The van der Waals surface area contributed by atoms with E-state index in [-0.39, 0.29) is 5.56 Å². The quantitative estimate of drug-likeness (QED) is 0.889. The molecule has 0 aliphatic heterocycles. The predicted molar refractivity (Wildman–Crippen MR) is 74.1 cm³/mol. The van der Waals surface area contributed by atoms with Crippen molar-refractivity contribution in [1.82, 2.24) is 15.2 Å². The summed E-state index contributed by atoms with van der Waals surface area (Å²) in [7, 11) is 0. The Morgan fingerprint density at radius 3 is 2.89 bits per heavy atom. The standard InChI is InChI=1S/C12H16N4OS/c1-4-7(2)14-12-16-15-11(18-12)9-6-5-8(3)13-10(9)17/h5-7H,4H2,1-3H3,(H,13,17)(H,14,16). The van der Waals surface area contributed by atoms with E-state index in [9.17, 15) is 4.79 Å². The van der Waals surface area contributed by atoms with Crippen LogP contribution in [-0.4, -0.2) is 21.2 Å². The lowest BCUT2D eigenvalue weighted by molar-refractivity contribution is 0.760. The number of pyridine rings is 1. The Kier molecular flexibility index (Phi) is 3.76. The van der Waals surface area contributed by atoms with Gasteiger partial charge in [0.05, 0.1) is 5.56 Å². The molecule has 0 radical (unpaired) electrons. The number of rotatable bonds is 4. The molecule has 2 N–H and O–H groups in total. The minimum Gasteiger partial charge on any atom is -0.358 e. The SMILES string of the molecule is CCC(C)Nc1nnc(-c2ccc(C)[nH]c2=O)s1. The van der Waals surface area contributed by atoms with E-state index in [0.29, 0.717) is 16.6 Å². The molecule has 2 rings (SSSR count). The minimum atomic E-state index is -0.124. The van der Waals surface area contributed by atoms with Gasteiger partial charge in [-0.25, -0.2) is 0 Å². The van der Waals surface area contributed by atoms with Crippen molar-refractivity contribution in [3.63, 3.8) is 0 Å². The molecule has 18 heavy (non-hydrogen) atoms. The fourth-order valence-electron chi connectivity index (χ4n) is 1.44. The summed E-state index contributed by atoms with van der Waals surface area (Å²) in [4.78, 5) is 14.6. The highest BCUT2D eigenvalue weighted by molar-refractivity contribution is 7.18. The third-order valence-corrected chi connectivity index (χ3v) is 3.58. The molecule has 0 saturated carbocycles. The van der Waals surface area contributed by atoms with E-state index in [4.69, 9.17) is 0 Å². The van der Waals surface area contributed by atoms with Gasteiger partial charge in [-0.15, -0.1) is 10.2 Å². The zero-order valence-electron chi connectivity index (χ0n) is 10.7. The highest BCUT2D eigenvalue weighted by Crippen LogP contribution is 2.24. The molecule has 0 amide bonds. The van der Waals surface area contributed by atoms with Crippen molar-refractivity contribution in [2.75, 3.05) is 5.32 Å². The van der Waals surface area contributed by atoms with Crippen LogP contribution in [0.2, 0.25) is 0 Å². The molecule has 2 aromatic rings. The number of nitrogens with one attached hydrogen (secondary N) is 2. The van der Waals surface area contributed by atoms with Gasteiger partial charge in [0.2, 0.25) is 5.13 Å². The van der Waals surface area contributed by atoms with E-state index in [2.05, 4.69) is 34.3 Å². The van der Waals surface area contributed by atoms with Crippen LogP contribution < -0.4 is 10.9 Å². The lowest BCUT2D eigenvalue weighted by Crippen LogP contribution is -2.12. The molecule has 0 saturated heterocycles. The molecule has 0 bridgehead atoms. The van der Waals surface area contributed by atoms with Crippen molar-refractivity contribution in [3.8, 4) is 10.6 Å². The average Bonchev–Trinajstić information content (AvgIpc) is 2.77. The molecule has 1 unspecified atom stereocenters. The number of hydrogen-bond acceptors (Lipinski definition) is 5. The number of hydrogen-bond donors (Lipinski definition) is 2. The second-order valence-corrected chi connectivity index (χ2v) is 5.23. The van der Waals surface area contributed by atoms with Crippen LogP contribution in [0.4, 0.5) is 5.13 Å². The Morgan fingerprint density at radius 1 is 1.44 bits per heavy atom. The Balaban J connectivity index is 2.27. The second kappa shape index (κ2) is 5.30. The molecule has 6 heteroatoms. The molecule has 0 aliphatic rings. The van der Waals surface area contributed by atoms with Crippen molar-refractivity contribution in [2.24, 2.45) is 0 Å². The molecule has 0 spiro atoms. The number of H-pyrrole nitrogens is 1. The number of aromatic nitrogens is 3. The van der Waals surface area contributed by atoms with Crippen LogP contribution in [0.25, 0.3) is 10.6 Å². The Morgan fingerprint density at radius 2 is 2.22 bits per heavy atom. The number of aryl methyl sites for hydroxylation is 1. The molecule has 0 aromatic carbocycles. The topological polar surface area (TPSA) is 70.7 Å². The van der Waals surface area contributed by atoms with Gasteiger partial charge in [-0.1, -0.05) is 18.3 Å². The molecule has 0 aliphatic carbocycles. The van der Waals surface area contributed by atoms with Gasteiger partial charge >= 0.3 is 0 Å². The summed E-state index contributed by atoms with van der Waals surface area (Å²) < 4.78 is 0. The van der Waals surface area contributed by atoms with Crippen LogP contribution in [0.3, 0.4) is 0 Å². The van der Waals surface area contributed by atoms with E-state index in [1.807, 2.05) is 13.0 Å². The summed E-state index contributed by atoms with van der Waals surface area (Å²) in [5.41, 5.74) is 1.28. The summed E-state index contributed by atoms with van der Waals surface area (Å²) >= 11 is 1.40. The third-order valence-electron chi connectivity index (χ3n) is 2.69. The predicted octanol–water partition coefficient (Wildman–Crippen LogP) is 2.41. The van der Waals surface area contributed by atoms with Gasteiger partial charge in [0.1, 0.15) is 0 Å². The first kappa shape index (κ1) is 12.8. The van der Waals surface area contributed by atoms with Gasteiger partial charge < -0.3 is 10.3 Å². The van der Waals surface area contributed by atoms with E-state index in [1.54, 1.807) is 6.07 Å². The molecule has 1 atom stereocenters. The molecule has 5 nitrogen and oxygen atoms in total. The maximum atomic E-state index is 11.8. The normalized spacial score (nSPS) is 12.4. The molecule has 96 valence electrons. The molecule has 0 fully saturated rings. The highest BCUT2D eigenvalue weighted by Gasteiger charge is 2.11. The summed E-state index contributed by atoms with van der Waals surface area (Å²) in [5.74, 6) is 0. The summed E-state index contributed by atoms with van der Waals surface area (Å²) in [6, 6.07) is 3.99. The Labute approximate surface area is 109 Å². The van der Waals surface area contributed by atoms with Crippen LogP contribution >= 0.6 is 11.3 Å².